The molecule has 1 aromatic rings. The molecule has 1 aromatic carbocycles. The first-order valence-electron chi connectivity index (χ1n) is 6.63. The summed E-state index contributed by atoms with van der Waals surface area (Å²) in [5, 5.41) is 13.7. The quantitative estimate of drug-likeness (QED) is 0.293. The van der Waals surface area contributed by atoms with Gasteiger partial charge in [-0.2, -0.15) is 11.8 Å². The van der Waals surface area contributed by atoms with E-state index in [0.717, 1.165) is 17.9 Å². The predicted octanol–water partition coefficient (Wildman–Crippen LogP) is 2.14. The van der Waals surface area contributed by atoms with Crippen LogP contribution in [0.3, 0.4) is 0 Å². The number of carbonyl (C=O) groups excluding carboxylic acids is 1. The lowest BCUT2D eigenvalue weighted by Crippen LogP contribution is -2.33. The van der Waals surface area contributed by atoms with Gasteiger partial charge in [0, 0.05) is 17.7 Å². The van der Waals surface area contributed by atoms with Crippen molar-refractivity contribution in [1.82, 2.24) is 5.32 Å². The highest BCUT2D eigenvalue weighted by Crippen LogP contribution is 2.24. The standard InChI is InChI=1S/C13H20N4O3S/c1-3-21-7-6-9(2)15-13(18)10-4-5-12(17(19)20)11(8-10)16-14/h4-5,8-9,16H,3,6-7,14H2,1-2H3,(H,15,18). The Labute approximate surface area is 127 Å². The Morgan fingerprint density at radius 1 is 1.52 bits per heavy atom. The maximum atomic E-state index is 12.1. The van der Waals surface area contributed by atoms with Gasteiger partial charge < -0.3 is 10.7 Å². The van der Waals surface area contributed by atoms with E-state index in [2.05, 4.69) is 17.7 Å². The molecular weight excluding hydrogens is 292 g/mol. The van der Waals surface area contributed by atoms with Crippen LogP contribution in [0.25, 0.3) is 0 Å². The van der Waals surface area contributed by atoms with Gasteiger partial charge in [-0.25, -0.2) is 0 Å². The molecule has 116 valence electrons. The molecule has 1 rings (SSSR count). The molecule has 8 heteroatoms. The van der Waals surface area contributed by atoms with Crippen LogP contribution in [0.15, 0.2) is 18.2 Å². The molecule has 0 saturated heterocycles. The number of nitrogens with zero attached hydrogens (tertiary/aromatic N) is 1. The Hall–Kier alpha value is -1.80. The van der Waals surface area contributed by atoms with Crippen LogP contribution >= 0.6 is 11.8 Å². The predicted molar refractivity (Wildman–Crippen MR) is 85.5 cm³/mol. The highest BCUT2D eigenvalue weighted by atomic mass is 32.2. The zero-order chi connectivity index (χ0) is 15.8. The number of hydrogen-bond donors (Lipinski definition) is 3. The summed E-state index contributed by atoms with van der Waals surface area (Å²) in [5.74, 6) is 7.01. The third-order valence-corrected chi connectivity index (χ3v) is 3.82. The molecule has 0 heterocycles. The van der Waals surface area contributed by atoms with Crippen LogP contribution in [0, 0.1) is 10.1 Å². The van der Waals surface area contributed by atoms with Gasteiger partial charge in [0.2, 0.25) is 0 Å². The van der Waals surface area contributed by atoms with E-state index in [1.165, 1.54) is 18.2 Å². The number of hydrogen-bond acceptors (Lipinski definition) is 6. The smallest absolute Gasteiger partial charge is 0.293 e. The number of carbonyl (C=O) groups is 1. The Morgan fingerprint density at radius 3 is 2.81 bits per heavy atom. The van der Waals surface area contributed by atoms with E-state index in [1.54, 1.807) is 0 Å². The molecule has 1 amide bonds. The normalized spacial score (nSPS) is 11.8. The van der Waals surface area contributed by atoms with Gasteiger partial charge in [0.25, 0.3) is 11.6 Å². The molecular formula is C13H20N4O3S. The van der Waals surface area contributed by atoms with E-state index in [-0.39, 0.29) is 23.3 Å². The molecule has 0 aliphatic heterocycles. The number of rotatable bonds is 8. The van der Waals surface area contributed by atoms with Crippen molar-refractivity contribution in [3.05, 3.63) is 33.9 Å². The molecule has 21 heavy (non-hydrogen) atoms. The molecule has 1 unspecified atom stereocenters. The molecule has 1 atom stereocenters. The van der Waals surface area contributed by atoms with Crippen molar-refractivity contribution in [3.63, 3.8) is 0 Å². The second-order valence-electron chi connectivity index (χ2n) is 4.49. The van der Waals surface area contributed by atoms with Crippen LogP contribution in [0.4, 0.5) is 11.4 Å². The number of nitrogens with one attached hydrogen (secondary N) is 2. The molecule has 0 aromatic heterocycles. The Balaban J connectivity index is 2.72. The lowest BCUT2D eigenvalue weighted by molar-refractivity contribution is -0.384. The van der Waals surface area contributed by atoms with Gasteiger partial charge in [0.15, 0.2) is 0 Å². The van der Waals surface area contributed by atoms with Crippen LogP contribution in [0.1, 0.15) is 30.6 Å². The summed E-state index contributed by atoms with van der Waals surface area (Å²) in [4.78, 5) is 22.3. The van der Waals surface area contributed by atoms with Crippen molar-refractivity contribution >= 4 is 29.0 Å². The molecule has 0 aliphatic carbocycles. The van der Waals surface area contributed by atoms with E-state index < -0.39 is 4.92 Å². The number of nitrogen functional groups attached to an aromatic ring is 1. The molecule has 0 bridgehead atoms. The van der Waals surface area contributed by atoms with Crippen LogP contribution < -0.4 is 16.6 Å². The number of thioether (sulfide) groups is 1. The summed E-state index contributed by atoms with van der Waals surface area (Å²) in [6.45, 7) is 4.02. The van der Waals surface area contributed by atoms with Crippen LogP contribution in [0.5, 0.6) is 0 Å². The maximum Gasteiger partial charge on any atom is 0.293 e. The number of nitro benzene ring substituents is 1. The van der Waals surface area contributed by atoms with Crippen molar-refractivity contribution < 1.29 is 9.72 Å². The summed E-state index contributed by atoms with van der Waals surface area (Å²) in [6, 6.07) is 4.10. The number of anilines is 1. The first kappa shape index (κ1) is 17.3. The highest BCUT2D eigenvalue weighted by Gasteiger charge is 2.17. The highest BCUT2D eigenvalue weighted by molar-refractivity contribution is 7.99. The molecule has 4 N–H and O–H groups in total. The largest absolute Gasteiger partial charge is 0.350 e. The third kappa shape index (κ3) is 5.24. The van der Waals surface area contributed by atoms with Gasteiger partial charge in [0.05, 0.1) is 4.92 Å². The summed E-state index contributed by atoms with van der Waals surface area (Å²) >= 11 is 1.82. The number of amides is 1. The van der Waals surface area contributed by atoms with E-state index in [0.29, 0.717) is 5.56 Å². The first-order chi connectivity index (χ1) is 9.99. The average molecular weight is 312 g/mol. The molecule has 7 nitrogen and oxygen atoms in total. The summed E-state index contributed by atoms with van der Waals surface area (Å²) in [5.41, 5.74) is 2.53. The van der Waals surface area contributed by atoms with Gasteiger partial charge in [-0.1, -0.05) is 6.92 Å². The maximum absolute atomic E-state index is 12.1. The average Bonchev–Trinajstić information content (AvgIpc) is 2.46. The lowest BCUT2D eigenvalue weighted by Gasteiger charge is -2.14. The van der Waals surface area contributed by atoms with E-state index in [9.17, 15) is 14.9 Å². The van der Waals surface area contributed by atoms with Crippen molar-refractivity contribution in [3.8, 4) is 0 Å². The van der Waals surface area contributed by atoms with Crippen molar-refractivity contribution in [2.45, 2.75) is 26.3 Å². The van der Waals surface area contributed by atoms with E-state index in [4.69, 9.17) is 5.84 Å². The summed E-state index contributed by atoms with van der Waals surface area (Å²) in [6.07, 6.45) is 0.874. The van der Waals surface area contributed by atoms with E-state index in [1.807, 2.05) is 18.7 Å². The molecule has 0 fully saturated rings. The Bertz CT molecular complexity index is 510. The topological polar surface area (TPSA) is 110 Å². The zero-order valence-electron chi connectivity index (χ0n) is 12.1. The Morgan fingerprint density at radius 2 is 2.24 bits per heavy atom. The first-order valence-corrected chi connectivity index (χ1v) is 7.78. The van der Waals surface area contributed by atoms with Gasteiger partial charge in [-0.15, -0.1) is 0 Å². The number of hydrazine groups is 1. The van der Waals surface area contributed by atoms with E-state index >= 15 is 0 Å². The fraction of sp³-hybridized carbons (Fsp3) is 0.462. The van der Waals surface area contributed by atoms with Crippen molar-refractivity contribution in [2.75, 3.05) is 16.9 Å². The summed E-state index contributed by atoms with van der Waals surface area (Å²) in [7, 11) is 0. The van der Waals surface area contributed by atoms with Crippen LogP contribution in [-0.2, 0) is 0 Å². The van der Waals surface area contributed by atoms with Gasteiger partial charge >= 0.3 is 0 Å². The molecule has 0 aliphatic rings. The monoisotopic (exact) mass is 312 g/mol. The number of benzene rings is 1. The molecule has 0 saturated carbocycles. The van der Waals surface area contributed by atoms with Gasteiger partial charge in [-0.3, -0.25) is 20.8 Å². The van der Waals surface area contributed by atoms with Crippen LogP contribution in [0.2, 0.25) is 0 Å². The molecule has 0 radical (unpaired) electrons. The SMILES string of the molecule is CCSCCC(C)NC(=O)c1ccc([N+](=O)[O-])c(NN)c1. The zero-order valence-corrected chi connectivity index (χ0v) is 12.9. The fourth-order valence-corrected chi connectivity index (χ4v) is 2.54. The lowest BCUT2D eigenvalue weighted by atomic mass is 10.1. The van der Waals surface area contributed by atoms with Crippen molar-refractivity contribution in [2.24, 2.45) is 5.84 Å². The van der Waals surface area contributed by atoms with Gasteiger partial charge in [-0.05, 0) is 37.0 Å². The third-order valence-electron chi connectivity index (χ3n) is 2.89. The molecule has 0 spiro atoms. The second kappa shape index (κ2) is 8.48. The fourth-order valence-electron chi connectivity index (χ4n) is 1.74. The number of nitro groups is 1. The summed E-state index contributed by atoms with van der Waals surface area (Å²) < 4.78 is 0. The van der Waals surface area contributed by atoms with Gasteiger partial charge in [0.1, 0.15) is 5.69 Å². The Kier molecular flexibility index (Phi) is 6.97. The minimum Gasteiger partial charge on any atom is -0.350 e. The second-order valence-corrected chi connectivity index (χ2v) is 5.89. The van der Waals surface area contributed by atoms with Crippen LogP contribution in [-0.4, -0.2) is 28.4 Å². The van der Waals surface area contributed by atoms with Crippen molar-refractivity contribution in [1.29, 1.82) is 0 Å². The number of nitrogens with two attached hydrogens (primary N) is 1. The minimum absolute atomic E-state index is 0.0426. The minimum atomic E-state index is -0.554.